The second-order valence-electron chi connectivity index (χ2n) is 7.54. The molecule has 2 N–H and O–H groups in total. The Morgan fingerprint density at radius 2 is 1.61 bits per heavy atom. The van der Waals surface area contributed by atoms with Gasteiger partial charge in [-0.25, -0.2) is 14.0 Å². The molecule has 0 radical (unpaired) electrons. The highest BCUT2D eigenvalue weighted by Crippen LogP contribution is 2.37. The number of ether oxygens (including phenoxy) is 1. The average molecular weight is 481 g/mol. The van der Waals surface area contributed by atoms with E-state index < -0.39 is 17.6 Å². The van der Waals surface area contributed by atoms with Crippen molar-refractivity contribution in [2.45, 2.75) is 26.4 Å². The predicted molar refractivity (Wildman–Crippen MR) is 124 cm³/mol. The molecule has 2 amide bonds. The number of carbonyl (C=O) groups is 2. The first kappa shape index (κ1) is 23.1. The number of rotatable bonds is 4. The Bertz CT molecular complexity index is 1100. The molecular formula is C22H19Cl2FN2O3S. The fraction of sp³-hybridized carbons (Fsp3) is 0.182. The molecule has 1 aromatic heterocycles. The molecule has 0 atom stereocenters. The molecule has 0 bridgehead atoms. The Labute approximate surface area is 193 Å². The summed E-state index contributed by atoms with van der Waals surface area (Å²) in [6.07, 6.45) is 0. The molecule has 0 saturated carbocycles. The zero-order valence-corrected chi connectivity index (χ0v) is 19.2. The van der Waals surface area contributed by atoms with Crippen LogP contribution in [0, 0.1) is 5.82 Å². The molecule has 31 heavy (non-hydrogen) atoms. The van der Waals surface area contributed by atoms with Crippen LogP contribution in [0.2, 0.25) is 10.0 Å². The number of thiophene rings is 1. The molecule has 9 heteroatoms. The van der Waals surface area contributed by atoms with Gasteiger partial charge in [0, 0.05) is 4.88 Å². The van der Waals surface area contributed by atoms with Gasteiger partial charge in [0.1, 0.15) is 16.4 Å². The number of halogens is 3. The van der Waals surface area contributed by atoms with Crippen molar-refractivity contribution in [2.24, 2.45) is 0 Å². The van der Waals surface area contributed by atoms with Crippen LogP contribution in [0.15, 0.2) is 48.5 Å². The number of urea groups is 1. The van der Waals surface area contributed by atoms with Gasteiger partial charge in [0.05, 0.1) is 21.3 Å². The number of nitrogens with one attached hydrogen (secondary N) is 2. The van der Waals surface area contributed by atoms with Crippen LogP contribution in [0.4, 0.5) is 19.9 Å². The normalized spacial score (nSPS) is 11.2. The summed E-state index contributed by atoms with van der Waals surface area (Å²) >= 11 is 13.4. The van der Waals surface area contributed by atoms with Crippen LogP contribution in [0.5, 0.6) is 0 Å². The summed E-state index contributed by atoms with van der Waals surface area (Å²) < 4.78 is 18.8. The summed E-state index contributed by atoms with van der Waals surface area (Å²) in [5, 5.41) is 6.06. The minimum absolute atomic E-state index is 0.180. The Morgan fingerprint density at radius 1 is 1.00 bits per heavy atom. The van der Waals surface area contributed by atoms with Gasteiger partial charge in [0.15, 0.2) is 0 Å². The summed E-state index contributed by atoms with van der Waals surface area (Å²) in [6.45, 7) is 5.24. The topological polar surface area (TPSA) is 67.4 Å². The zero-order chi connectivity index (χ0) is 22.8. The predicted octanol–water partition coefficient (Wildman–Crippen LogP) is 7.46. The zero-order valence-electron chi connectivity index (χ0n) is 16.9. The lowest BCUT2D eigenvalue weighted by atomic mass is 10.1. The second-order valence-corrected chi connectivity index (χ2v) is 9.40. The van der Waals surface area contributed by atoms with E-state index in [0.29, 0.717) is 10.4 Å². The summed E-state index contributed by atoms with van der Waals surface area (Å²) in [6, 6.07) is 11.6. The van der Waals surface area contributed by atoms with Crippen LogP contribution in [0.3, 0.4) is 0 Å². The van der Waals surface area contributed by atoms with Gasteiger partial charge in [-0.05, 0) is 56.7 Å². The number of hydrogen-bond donors (Lipinski definition) is 2. The first-order valence-electron chi connectivity index (χ1n) is 9.18. The SMILES string of the molecule is CC(C)(C)OC(=O)c1cc(-c2ccc(F)cc2)sc1NC(=O)Nc1c(Cl)cccc1Cl. The molecule has 1 heterocycles. The Balaban J connectivity index is 1.92. The highest BCUT2D eigenvalue weighted by Gasteiger charge is 2.24. The molecule has 5 nitrogen and oxygen atoms in total. The van der Waals surface area contributed by atoms with Crippen LogP contribution in [-0.2, 0) is 4.74 Å². The number of carbonyl (C=O) groups excluding carboxylic acids is 2. The smallest absolute Gasteiger partial charge is 0.341 e. The van der Waals surface area contributed by atoms with Crippen LogP contribution < -0.4 is 10.6 Å². The van der Waals surface area contributed by atoms with Crippen molar-refractivity contribution in [1.82, 2.24) is 0 Å². The monoisotopic (exact) mass is 480 g/mol. The quantitative estimate of drug-likeness (QED) is 0.380. The summed E-state index contributed by atoms with van der Waals surface area (Å²) in [5.74, 6) is -0.967. The molecule has 0 unspecified atom stereocenters. The van der Waals surface area contributed by atoms with Gasteiger partial charge in [-0.15, -0.1) is 11.3 Å². The van der Waals surface area contributed by atoms with Gasteiger partial charge in [-0.2, -0.15) is 0 Å². The number of hydrogen-bond acceptors (Lipinski definition) is 4. The second kappa shape index (κ2) is 9.26. The van der Waals surface area contributed by atoms with Gasteiger partial charge in [0.2, 0.25) is 0 Å². The Kier molecular flexibility index (Phi) is 6.89. The lowest BCUT2D eigenvalue weighted by Crippen LogP contribution is -2.25. The largest absolute Gasteiger partial charge is 0.456 e. The highest BCUT2D eigenvalue weighted by atomic mass is 35.5. The Morgan fingerprint density at radius 3 is 2.19 bits per heavy atom. The van der Waals surface area contributed by atoms with Gasteiger partial charge in [-0.3, -0.25) is 5.32 Å². The van der Waals surface area contributed by atoms with E-state index in [2.05, 4.69) is 10.6 Å². The van der Waals surface area contributed by atoms with Crippen LogP contribution in [0.25, 0.3) is 10.4 Å². The fourth-order valence-corrected chi connectivity index (χ4v) is 4.13. The van der Waals surface area contributed by atoms with E-state index in [-0.39, 0.29) is 32.1 Å². The maximum atomic E-state index is 13.3. The maximum Gasteiger partial charge on any atom is 0.341 e. The van der Waals surface area contributed by atoms with Crippen molar-refractivity contribution < 1.29 is 18.7 Å². The summed E-state index contributed by atoms with van der Waals surface area (Å²) in [7, 11) is 0. The van der Waals surface area contributed by atoms with Crippen LogP contribution in [-0.4, -0.2) is 17.6 Å². The van der Waals surface area contributed by atoms with E-state index in [9.17, 15) is 14.0 Å². The molecule has 3 rings (SSSR count). The van der Waals surface area contributed by atoms with Crippen molar-refractivity contribution in [1.29, 1.82) is 0 Å². The van der Waals surface area contributed by atoms with Crippen molar-refractivity contribution in [3.63, 3.8) is 0 Å². The van der Waals surface area contributed by atoms with Crippen LogP contribution in [0.1, 0.15) is 31.1 Å². The lowest BCUT2D eigenvalue weighted by molar-refractivity contribution is 0.00713. The summed E-state index contributed by atoms with van der Waals surface area (Å²) in [4.78, 5) is 26.0. The van der Waals surface area contributed by atoms with Crippen molar-refractivity contribution in [3.05, 3.63) is 70.0 Å². The third kappa shape index (κ3) is 5.97. The van der Waals surface area contributed by atoms with E-state index in [4.69, 9.17) is 27.9 Å². The highest BCUT2D eigenvalue weighted by molar-refractivity contribution is 7.20. The van der Waals surface area contributed by atoms with E-state index in [1.165, 1.54) is 12.1 Å². The molecule has 3 aromatic rings. The fourth-order valence-electron chi connectivity index (χ4n) is 2.59. The third-order valence-corrected chi connectivity index (χ3v) is 5.64. The van der Waals surface area contributed by atoms with E-state index in [0.717, 1.165) is 11.3 Å². The number of benzene rings is 2. The number of para-hydroxylation sites is 1. The van der Waals surface area contributed by atoms with Crippen LogP contribution >= 0.6 is 34.5 Å². The molecule has 0 saturated heterocycles. The van der Waals surface area contributed by atoms with Crippen molar-refractivity contribution >= 4 is 57.2 Å². The molecular weight excluding hydrogens is 462 g/mol. The number of anilines is 2. The van der Waals surface area contributed by atoms with Gasteiger partial charge < -0.3 is 10.1 Å². The molecule has 162 valence electrons. The molecule has 0 fully saturated rings. The van der Waals surface area contributed by atoms with Gasteiger partial charge >= 0.3 is 12.0 Å². The molecule has 0 aliphatic carbocycles. The molecule has 0 aliphatic rings. The van der Waals surface area contributed by atoms with Crippen molar-refractivity contribution in [2.75, 3.05) is 10.6 Å². The van der Waals surface area contributed by atoms with E-state index >= 15 is 0 Å². The average Bonchev–Trinajstić information content (AvgIpc) is 3.08. The Hall–Kier alpha value is -2.61. The maximum absolute atomic E-state index is 13.3. The number of esters is 1. The minimum Gasteiger partial charge on any atom is -0.456 e. The number of amides is 2. The van der Waals surface area contributed by atoms with Gasteiger partial charge in [0.25, 0.3) is 0 Å². The minimum atomic E-state index is -0.723. The van der Waals surface area contributed by atoms with Crippen molar-refractivity contribution in [3.8, 4) is 10.4 Å². The van der Waals surface area contributed by atoms with E-state index in [1.807, 2.05) is 0 Å². The lowest BCUT2D eigenvalue weighted by Gasteiger charge is -2.19. The standard InChI is InChI=1S/C22H19Cl2FN2O3S/c1-22(2,3)30-20(28)14-11-17(12-7-9-13(25)10-8-12)31-19(14)27-21(29)26-18-15(23)5-4-6-16(18)24/h4-11H,1-3H3,(H2,26,27,29). The third-order valence-electron chi connectivity index (χ3n) is 3.91. The first-order chi connectivity index (χ1) is 14.5. The molecule has 0 aliphatic heterocycles. The first-order valence-corrected chi connectivity index (χ1v) is 10.8. The molecule has 2 aromatic carbocycles. The van der Waals surface area contributed by atoms with E-state index in [1.54, 1.807) is 57.2 Å². The molecule has 0 spiro atoms. The van der Waals surface area contributed by atoms with Gasteiger partial charge in [-0.1, -0.05) is 41.4 Å². The summed E-state index contributed by atoms with van der Waals surface area (Å²) in [5.41, 5.74) is 0.399.